The van der Waals surface area contributed by atoms with Crippen LogP contribution < -0.4 is 0 Å². The number of ether oxygens (including phenoxy) is 1. The molecular formula is C11H8BrClO2. The number of rotatable bonds is 2. The normalized spacial score (nSPS) is 20.0. The lowest BCUT2D eigenvalue weighted by atomic mass is 10.1. The second-order valence-electron chi connectivity index (χ2n) is 3.20. The van der Waals surface area contributed by atoms with E-state index in [1.165, 1.54) is 0 Å². The number of benzene rings is 1. The van der Waals surface area contributed by atoms with Crippen LogP contribution in [0.15, 0.2) is 40.4 Å². The Morgan fingerprint density at radius 1 is 1.33 bits per heavy atom. The van der Waals surface area contributed by atoms with Crippen LogP contribution in [-0.2, 0) is 9.53 Å². The molecule has 1 aliphatic rings. The largest absolute Gasteiger partial charge is 0.450 e. The fourth-order valence-electron chi connectivity index (χ4n) is 1.39. The van der Waals surface area contributed by atoms with Crippen molar-refractivity contribution in [3.8, 4) is 0 Å². The van der Waals surface area contributed by atoms with Gasteiger partial charge < -0.3 is 4.74 Å². The highest BCUT2D eigenvalue weighted by Crippen LogP contribution is 2.28. The summed E-state index contributed by atoms with van der Waals surface area (Å²) in [7, 11) is 0. The Hall–Kier alpha value is -0.800. The van der Waals surface area contributed by atoms with Crippen molar-refractivity contribution in [2.75, 3.05) is 5.88 Å². The van der Waals surface area contributed by atoms with E-state index in [9.17, 15) is 4.79 Å². The maximum absolute atomic E-state index is 11.3. The second-order valence-corrected chi connectivity index (χ2v) is 4.39. The Labute approximate surface area is 101 Å². The summed E-state index contributed by atoms with van der Waals surface area (Å²) in [6, 6.07) is 7.65. The van der Waals surface area contributed by atoms with Gasteiger partial charge in [0.2, 0.25) is 0 Å². The maximum atomic E-state index is 11.3. The van der Waals surface area contributed by atoms with Crippen molar-refractivity contribution >= 4 is 33.5 Å². The van der Waals surface area contributed by atoms with Crippen LogP contribution in [0, 0.1) is 0 Å². The molecule has 0 radical (unpaired) electrons. The van der Waals surface area contributed by atoms with Crippen molar-refractivity contribution in [3.05, 3.63) is 46.0 Å². The first-order valence-electron chi connectivity index (χ1n) is 4.44. The zero-order valence-corrected chi connectivity index (χ0v) is 10.1. The molecular weight excluding hydrogens is 279 g/mol. The van der Waals surface area contributed by atoms with E-state index in [-0.39, 0.29) is 18.0 Å². The highest BCUT2D eigenvalue weighted by atomic mass is 79.9. The first-order valence-corrected chi connectivity index (χ1v) is 5.76. The quantitative estimate of drug-likeness (QED) is 0.617. The lowest BCUT2D eigenvalue weighted by Gasteiger charge is -2.07. The highest BCUT2D eigenvalue weighted by molar-refractivity contribution is 9.10. The van der Waals surface area contributed by atoms with Crippen molar-refractivity contribution in [2.24, 2.45) is 0 Å². The van der Waals surface area contributed by atoms with Gasteiger partial charge in [0, 0.05) is 4.47 Å². The molecule has 1 heterocycles. The Bertz CT molecular complexity index is 411. The van der Waals surface area contributed by atoms with Crippen LogP contribution in [0.5, 0.6) is 0 Å². The Balaban J connectivity index is 2.24. The second kappa shape index (κ2) is 4.37. The van der Waals surface area contributed by atoms with E-state index < -0.39 is 0 Å². The first-order chi connectivity index (χ1) is 7.20. The van der Waals surface area contributed by atoms with Crippen LogP contribution in [0.3, 0.4) is 0 Å². The number of hydrogen-bond donors (Lipinski definition) is 0. The predicted molar refractivity (Wildman–Crippen MR) is 61.8 cm³/mol. The van der Waals surface area contributed by atoms with E-state index in [1.54, 1.807) is 6.08 Å². The SMILES string of the molecule is O=C1OC(c2ccc(Br)cc2)C=C1CCl. The summed E-state index contributed by atoms with van der Waals surface area (Å²) in [5, 5.41) is 0. The van der Waals surface area contributed by atoms with Gasteiger partial charge in [-0.05, 0) is 23.8 Å². The maximum Gasteiger partial charge on any atom is 0.335 e. The molecule has 2 nitrogen and oxygen atoms in total. The van der Waals surface area contributed by atoms with E-state index in [0.29, 0.717) is 5.57 Å². The first kappa shape index (κ1) is 10.7. The molecule has 1 atom stereocenters. The molecule has 15 heavy (non-hydrogen) atoms. The van der Waals surface area contributed by atoms with E-state index in [1.807, 2.05) is 24.3 Å². The number of carbonyl (C=O) groups excluding carboxylic acids is 1. The summed E-state index contributed by atoms with van der Waals surface area (Å²) in [5.74, 6) is -0.121. The molecule has 2 rings (SSSR count). The monoisotopic (exact) mass is 286 g/mol. The van der Waals surface area contributed by atoms with Gasteiger partial charge in [0.25, 0.3) is 0 Å². The summed E-state index contributed by atoms with van der Waals surface area (Å²) in [6.45, 7) is 0. The van der Waals surface area contributed by atoms with Gasteiger partial charge in [0.1, 0.15) is 6.10 Å². The summed E-state index contributed by atoms with van der Waals surface area (Å²) >= 11 is 8.95. The average molecular weight is 288 g/mol. The molecule has 0 saturated heterocycles. The standard InChI is InChI=1S/C11H8BrClO2/c12-9-3-1-7(2-4-9)10-5-8(6-13)11(14)15-10/h1-5,10H,6H2. The van der Waals surface area contributed by atoms with Gasteiger partial charge in [-0.3, -0.25) is 0 Å². The fourth-order valence-corrected chi connectivity index (χ4v) is 1.85. The van der Waals surface area contributed by atoms with Crippen molar-refractivity contribution in [1.82, 2.24) is 0 Å². The lowest BCUT2D eigenvalue weighted by Crippen LogP contribution is -2.02. The summed E-state index contributed by atoms with van der Waals surface area (Å²) in [5.41, 5.74) is 1.48. The molecule has 0 spiro atoms. The summed E-state index contributed by atoms with van der Waals surface area (Å²) < 4.78 is 6.16. The minimum Gasteiger partial charge on any atom is -0.450 e. The highest BCUT2D eigenvalue weighted by Gasteiger charge is 2.25. The van der Waals surface area contributed by atoms with Crippen molar-refractivity contribution in [3.63, 3.8) is 0 Å². The average Bonchev–Trinajstić information content (AvgIpc) is 2.61. The lowest BCUT2D eigenvalue weighted by molar-refractivity contribution is -0.139. The molecule has 78 valence electrons. The predicted octanol–water partition coefficient (Wildman–Crippen LogP) is 3.21. The summed E-state index contributed by atoms with van der Waals surface area (Å²) in [6.07, 6.45) is 1.47. The van der Waals surface area contributed by atoms with Gasteiger partial charge in [-0.15, -0.1) is 11.6 Å². The molecule has 0 N–H and O–H groups in total. The molecule has 0 bridgehead atoms. The number of alkyl halides is 1. The van der Waals surface area contributed by atoms with Gasteiger partial charge >= 0.3 is 5.97 Å². The number of esters is 1. The van der Waals surface area contributed by atoms with Gasteiger partial charge in [-0.1, -0.05) is 28.1 Å². The molecule has 0 saturated carbocycles. The van der Waals surface area contributed by atoms with Gasteiger partial charge in [-0.25, -0.2) is 4.79 Å². The number of hydrogen-bond acceptors (Lipinski definition) is 2. The van der Waals surface area contributed by atoms with Crippen LogP contribution in [0.1, 0.15) is 11.7 Å². The van der Waals surface area contributed by atoms with Crippen molar-refractivity contribution in [1.29, 1.82) is 0 Å². The van der Waals surface area contributed by atoms with E-state index >= 15 is 0 Å². The molecule has 1 aromatic rings. The van der Waals surface area contributed by atoms with Gasteiger partial charge in [0.05, 0.1) is 11.5 Å². The van der Waals surface area contributed by atoms with Crippen molar-refractivity contribution < 1.29 is 9.53 Å². The van der Waals surface area contributed by atoms with Crippen LogP contribution in [0.25, 0.3) is 0 Å². The van der Waals surface area contributed by atoms with Crippen LogP contribution in [0.2, 0.25) is 0 Å². The number of carbonyl (C=O) groups is 1. The van der Waals surface area contributed by atoms with Gasteiger partial charge in [0.15, 0.2) is 0 Å². The number of halogens is 2. The van der Waals surface area contributed by atoms with E-state index in [0.717, 1.165) is 10.0 Å². The van der Waals surface area contributed by atoms with Crippen LogP contribution >= 0.6 is 27.5 Å². The van der Waals surface area contributed by atoms with E-state index in [4.69, 9.17) is 16.3 Å². The molecule has 1 aromatic carbocycles. The minimum absolute atomic E-state index is 0.200. The van der Waals surface area contributed by atoms with Gasteiger partial charge in [-0.2, -0.15) is 0 Å². The van der Waals surface area contributed by atoms with Crippen LogP contribution in [-0.4, -0.2) is 11.8 Å². The molecule has 4 heteroatoms. The van der Waals surface area contributed by atoms with Crippen LogP contribution in [0.4, 0.5) is 0 Å². The fraction of sp³-hybridized carbons (Fsp3) is 0.182. The molecule has 1 unspecified atom stereocenters. The third kappa shape index (κ3) is 2.24. The molecule has 0 fully saturated rings. The Morgan fingerprint density at radius 3 is 2.53 bits per heavy atom. The molecule has 0 aliphatic carbocycles. The third-order valence-electron chi connectivity index (χ3n) is 2.19. The molecule has 1 aliphatic heterocycles. The Kier molecular flexibility index (Phi) is 3.12. The molecule has 0 aromatic heterocycles. The Morgan fingerprint density at radius 2 is 2.00 bits per heavy atom. The summed E-state index contributed by atoms with van der Waals surface area (Å²) in [4.78, 5) is 11.3. The zero-order valence-electron chi connectivity index (χ0n) is 7.74. The topological polar surface area (TPSA) is 26.3 Å². The van der Waals surface area contributed by atoms with Crippen molar-refractivity contribution in [2.45, 2.75) is 6.10 Å². The molecule has 0 amide bonds. The number of cyclic esters (lactones) is 1. The zero-order chi connectivity index (χ0) is 10.8. The minimum atomic E-state index is -0.321. The third-order valence-corrected chi connectivity index (χ3v) is 3.01. The smallest absolute Gasteiger partial charge is 0.335 e. The van der Waals surface area contributed by atoms with E-state index in [2.05, 4.69) is 15.9 Å².